The van der Waals surface area contributed by atoms with Crippen molar-refractivity contribution in [2.24, 2.45) is 35.5 Å². The van der Waals surface area contributed by atoms with Gasteiger partial charge in [0.05, 0.1) is 17.5 Å². The van der Waals surface area contributed by atoms with Gasteiger partial charge in [0.2, 0.25) is 11.8 Å². The van der Waals surface area contributed by atoms with Gasteiger partial charge in [0.1, 0.15) is 5.82 Å². The molecule has 21 heavy (non-hydrogen) atoms. The van der Waals surface area contributed by atoms with Gasteiger partial charge < -0.3 is 0 Å². The molecular formula is C17H14FNO2. The lowest BCUT2D eigenvalue weighted by atomic mass is 9.63. The Balaban J connectivity index is 1.62. The van der Waals surface area contributed by atoms with Crippen molar-refractivity contribution in [3.8, 4) is 0 Å². The number of halogens is 1. The van der Waals surface area contributed by atoms with Gasteiger partial charge in [-0.15, -0.1) is 0 Å². The van der Waals surface area contributed by atoms with Crippen LogP contribution in [0.4, 0.5) is 10.1 Å². The van der Waals surface area contributed by atoms with E-state index in [2.05, 4.69) is 12.2 Å². The largest absolute Gasteiger partial charge is 0.274 e. The molecule has 3 nitrogen and oxygen atoms in total. The molecule has 2 bridgehead atoms. The minimum Gasteiger partial charge on any atom is -0.274 e. The van der Waals surface area contributed by atoms with E-state index in [1.54, 1.807) is 12.1 Å². The number of anilines is 1. The Hall–Kier alpha value is -1.97. The van der Waals surface area contributed by atoms with Gasteiger partial charge in [-0.05, 0) is 42.2 Å². The molecule has 6 unspecified atom stereocenters. The molecule has 1 saturated heterocycles. The van der Waals surface area contributed by atoms with Crippen molar-refractivity contribution in [1.29, 1.82) is 0 Å². The SMILES string of the molecule is O=C1C2C3C=CC(C4CC34)C2C(=O)N1c1ccccc1F. The summed E-state index contributed by atoms with van der Waals surface area (Å²) in [6, 6.07) is 6.03. The summed E-state index contributed by atoms with van der Waals surface area (Å²) in [6.07, 6.45) is 5.38. The summed E-state index contributed by atoms with van der Waals surface area (Å²) in [5.74, 6) is 0.0308. The van der Waals surface area contributed by atoms with E-state index < -0.39 is 5.82 Å². The maximum absolute atomic E-state index is 14.0. The number of carbonyl (C=O) groups excluding carboxylic acids is 2. The van der Waals surface area contributed by atoms with Crippen molar-refractivity contribution in [2.75, 3.05) is 4.90 Å². The number of para-hydroxylation sites is 1. The van der Waals surface area contributed by atoms with E-state index in [0.29, 0.717) is 11.8 Å². The van der Waals surface area contributed by atoms with E-state index in [0.717, 1.165) is 11.3 Å². The summed E-state index contributed by atoms with van der Waals surface area (Å²) in [5.41, 5.74) is 0.106. The molecule has 6 rings (SSSR count). The molecule has 1 aromatic carbocycles. The zero-order valence-corrected chi connectivity index (χ0v) is 11.3. The van der Waals surface area contributed by atoms with Crippen LogP contribution in [-0.4, -0.2) is 11.8 Å². The fourth-order valence-electron chi connectivity index (χ4n) is 4.83. The molecule has 0 radical (unpaired) electrons. The molecule has 1 aliphatic heterocycles. The van der Waals surface area contributed by atoms with Crippen LogP contribution < -0.4 is 4.90 Å². The normalized spacial score (nSPS) is 42.2. The van der Waals surface area contributed by atoms with Gasteiger partial charge in [-0.2, -0.15) is 0 Å². The molecule has 1 heterocycles. The second kappa shape index (κ2) is 3.62. The van der Waals surface area contributed by atoms with E-state index in [-0.39, 0.29) is 41.2 Å². The number of carbonyl (C=O) groups is 2. The van der Waals surface area contributed by atoms with Crippen LogP contribution in [-0.2, 0) is 9.59 Å². The molecule has 2 amide bonds. The van der Waals surface area contributed by atoms with Crippen molar-refractivity contribution >= 4 is 17.5 Å². The monoisotopic (exact) mass is 283 g/mol. The van der Waals surface area contributed by atoms with Crippen molar-refractivity contribution in [2.45, 2.75) is 6.42 Å². The van der Waals surface area contributed by atoms with E-state index in [1.165, 1.54) is 12.1 Å². The van der Waals surface area contributed by atoms with Gasteiger partial charge in [-0.25, -0.2) is 9.29 Å². The average molecular weight is 283 g/mol. The number of amides is 2. The second-order valence-electron chi connectivity index (χ2n) is 6.62. The van der Waals surface area contributed by atoms with Crippen molar-refractivity contribution in [3.05, 3.63) is 42.2 Å². The Morgan fingerprint density at radius 3 is 2.10 bits per heavy atom. The minimum absolute atomic E-state index is 0.106. The van der Waals surface area contributed by atoms with E-state index in [9.17, 15) is 14.0 Å². The number of hydrogen-bond acceptors (Lipinski definition) is 2. The Morgan fingerprint density at radius 1 is 0.952 bits per heavy atom. The maximum Gasteiger partial charge on any atom is 0.238 e. The highest BCUT2D eigenvalue weighted by atomic mass is 19.1. The van der Waals surface area contributed by atoms with E-state index in [1.807, 2.05) is 0 Å². The van der Waals surface area contributed by atoms with E-state index >= 15 is 0 Å². The molecule has 0 spiro atoms. The quantitative estimate of drug-likeness (QED) is 0.586. The molecule has 5 aliphatic rings. The summed E-state index contributed by atoms with van der Waals surface area (Å²) in [5, 5.41) is 0. The predicted octanol–water partition coefficient (Wildman–Crippen LogP) is 2.38. The molecule has 0 aromatic heterocycles. The van der Waals surface area contributed by atoms with Crippen LogP contribution in [0.1, 0.15) is 6.42 Å². The van der Waals surface area contributed by atoms with Crippen LogP contribution >= 0.6 is 0 Å². The lowest BCUT2D eigenvalue weighted by molar-refractivity contribution is -0.124. The average Bonchev–Trinajstić information content (AvgIpc) is 3.26. The molecule has 106 valence electrons. The molecule has 2 saturated carbocycles. The summed E-state index contributed by atoms with van der Waals surface area (Å²) >= 11 is 0. The number of benzene rings is 1. The number of hydrogen-bond donors (Lipinski definition) is 0. The molecule has 3 fully saturated rings. The molecule has 4 heteroatoms. The Labute approximate surface area is 121 Å². The van der Waals surface area contributed by atoms with Crippen LogP contribution in [0.2, 0.25) is 0 Å². The first kappa shape index (κ1) is 11.7. The fourth-order valence-corrected chi connectivity index (χ4v) is 4.83. The Bertz CT molecular complexity index is 676. The topological polar surface area (TPSA) is 37.4 Å². The smallest absolute Gasteiger partial charge is 0.238 e. The Morgan fingerprint density at radius 2 is 1.52 bits per heavy atom. The van der Waals surface area contributed by atoms with Crippen LogP contribution in [0.25, 0.3) is 0 Å². The molecule has 6 atom stereocenters. The Kier molecular flexibility index (Phi) is 2.01. The van der Waals surface area contributed by atoms with Crippen LogP contribution in [0.5, 0.6) is 0 Å². The lowest BCUT2D eigenvalue weighted by Crippen LogP contribution is -2.40. The first-order valence-electron chi connectivity index (χ1n) is 7.49. The third-order valence-corrected chi connectivity index (χ3v) is 5.76. The molecule has 4 aliphatic carbocycles. The van der Waals surface area contributed by atoms with Crippen molar-refractivity contribution in [1.82, 2.24) is 0 Å². The van der Waals surface area contributed by atoms with Gasteiger partial charge in [0.15, 0.2) is 0 Å². The summed E-state index contributed by atoms with van der Waals surface area (Å²) in [4.78, 5) is 26.6. The first-order chi connectivity index (χ1) is 10.2. The summed E-state index contributed by atoms with van der Waals surface area (Å²) in [6.45, 7) is 0. The molecular weight excluding hydrogens is 269 g/mol. The minimum atomic E-state index is -0.511. The number of nitrogens with zero attached hydrogens (tertiary/aromatic N) is 1. The zero-order chi connectivity index (χ0) is 14.3. The summed E-state index contributed by atoms with van der Waals surface area (Å²) in [7, 11) is 0. The third kappa shape index (κ3) is 1.29. The third-order valence-electron chi connectivity index (χ3n) is 5.76. The second-order valence-corrected chi connectivity index (χ2v) is 6.62. The predicted molar refractivity (Wildman–Crippen MR) is 73.6 cm³/mol. The standard InChI is InChI=1S/C17H14FNO2/c18-12-3-1-2-4-13(12)19-16(20)14-8-5-6-9(11-7-10(8)11)15(14)17(19)21/h1-6,8-11,14-15H,7H2. The first-order valence-corrected chi connectivity index (χ1v) is 7.49. The van der Waals surface area contributed by atoms with Gasteiger partial charge in [0, 0.05) is 0 Å². The number of allylic oxidation sites excluding steroid dienone is 2. The maximum atomic E-state index is 14.0. The van der Waals surface area contributed by atoms with Gasteiger partial charge in [0.25, 0.3) is 0 Å². The van der Waals surface area contributed by atoms with Crippen molar-refractivity contribution < 1.29 is 14.0 Å². The van der Waals surface area contributed by atoms with Crippen LogP contribution in [0.15, 0.2) is 36.4 Å². The summed E-state index contributed by atoms with van der Waals surface area (Å²) < 4.78 is 14.0. The van der Waals surface area contributed by atoms with Gasteiger partial charge >= 0.3 is 0 Å². The highest BCUT2D eigenvalue weighted by molar-refractivity contribution is 6.22. The van der Waals surface area contributed by atoms with Gasteiger partial charge in [-0.3, -0.25) is 9.59 Å². The van der Waals surface area contributed by atoms with Gasteiger partial charge in [-0.1, -0.05) is 24.3 Å². The van der Waals surface area contributed by atoms with Crippen molar-refractivity contribution in [3.63, 3.8) is 0 Å². The van der Waals surface area contributed by atoms with E-state index in [4.69, 9.17) is 0 Å². The number of imide groups is 1. The highest BCUT2D eigenvalue weighted by Crippen LogP contribution is 2.65. The zero-order valence-electron chi connectivity index (χ0n) is 11.3. The highest BCUT2D eigenvalue weighted by Gasteiger charge is 2.67. The molecule has 0 N–H and O–H groups in total. The molecule has 1 aromatic rings. The fraction of sp³-hybridized carbons (Fsp3) is 0.412. The number of rotatable bonds is 1. The lowest BCUT2D eigenvalue weighted by Gasteiger charge is -2.37. The van der Waals surface area contributed by atoms with Crippen LogP contribution in [0, 0.1) is 41.3 Å². The van der Waals surface area contributed by atoms with Crippen LogP contribution in [0.3, 0.4) is 0 Å².